The summed E-state index contributed by atoms with van der Waals surface area (Å²) < 4.78 is 20.6. The molecular formula is C22H23FN4O2. The predicted molar refractivity (Wildman–Crippen MR) is 107 cm³/mol. The first kappa shape index (κ1) is 19.1. The highest BCUT2D eigenvalue weighted by atomic mass is 19.1. The molecule has 0 bridgehead atoms. The standard InChI is InChI=1S/C22H23FN4O2/c1-29-20-6-7-21(27-9-3-8-25-27)17(11-20)13-24-19-12-22(28)26(15-19)14-16-4-2-5-18(23)10-16/h2-11,19,24H,12-15H2,1H3. The highest BCUT2D eigenvalue weighted by Crippen LogP contribution is 2.22. The van der Waals surface area contributed by atoms with Gasteiger partial charge in [0.2, 0.25) is 5.91 Å². The van der Waals surface area contributed by atoms with Gasteiger partial charge in [0, 0.05) is 44.5 Å². The molecule has 0 spiro atoms. The third-order valence-corrected chi connectivity index (χ3v) is 5.10. The maximum Gasteiger partial charge on any atom is 0.224 e. The second-order valence-corrected chi connectivity index (χ2v) is 7.13. The molecule has 0 radical (unpaired) electrons. The second kappa shape index (κ2) is 8.45. The zero-order valence-corrected chi connectivity index (χ0v) is 16.2. The fraction of sp³-hybridized carbons (Fsp3) is 0.273. The minimum atomic E-state index is -0.284. The first-order valence-electron chi connectivity index (χ1n) is 9.55. The second-order valence-electron chi connectivity index (χ2n) is 7.13. The van der Waals surface area contributed by atoms with Crippen molar-refractivity contribution in [3.63, 3.8) is 0 Å². The molecule has 1 amide bonds. The molecule has 0 saturated carbocycles. The lowest BCUT2D eigenvalue weighted by atomic mass is 10.1. The molecule has 1 unspecified atom stereocenters. The summed E-state index contributed by atoms with van der Waals surface area (Å²) in [5.41, 5.74) is 2.79. The Labute approximate surface area is 168 Å². The number of carbonyl (C=O) groups excluding carboxylic acids is 1. The van der Waals surface area contributed by atoms with Gasteiger partial charge in [-0.2, -0.15) is 5.10 Å². The van der Waals surface area contributed by atoms with Gasteiger partial charge in [0.25, 0.3) is 0 Å². The Balaban J connectivity index is 1.42. The van der Waals surface area contributed by atoms with E-state index in [1.807, 2.05) is 41.2 Å². The van der Waals surface area contributed by atoms with E-state index < -0.39 is 0 Å². The van der Waals surface area contributed by atoms with Crippen molar-refractivity contribution in [2.45, 2.75) is 25.6 Å². The smallest absolute Gasteiger partial charge is 0.224 e. The van der Waals surface area contributed by atoms with E-state index in [0.29, 0.717) is 26.1 Å². The van der Waals surface area contributed by atoms with Gasteiger partial charge in [-0.1, -0.05) is 12.1 Å². The van der Waals surface area contributed by atoms with Gasteiger partial charge < -0.3 is 15.0 Å². The number of halogens is 1. The van der Waals surface area contributed by atoms with Crippen LogP contribution in [0.2, 0.25) is 0 Å². The van der Waals surface area contributed by atoms with Gasteiger partial charge in [-0.05, 0) is 47.5 Å². The van der Waals surface area contributed by atoms with Crippen molar-refractivity contribution in [2.75, 3.05) is 13.7 Å². The Hall–Kier alpha value is -3.19. The van der Waals surface area contributed by atoms with Crippen LogP contribution in [0.1, 0.15) is 17.5 Å². The zero-order chi connectivity index (χ0) is 20.2. The summed E-state index contributed by atoms with van der Waals surface area (Å²) in [6, 6.07) is 14.1. The van der Waals surface area contributed by atoms with Crippen molar-refractivity contribution in [2.24, 2.45) is 0 Å². The van der Waals surface area contributed by atoms with Crippen LogP contribution >= 0.6 is 0 Å². The molecule has 0 aliphatic carbocycles. The number of rotatable bonds is 7. The molecular weight excluding hydrogens is 371 g/mol. The van der Waals surface area contributed by atoms with Crippen LogP contribution < -0.4 is 10.1 Å². The summed E-state index contributed by atoms with van der Waals surface area (Å²) in [7, 11) is 1.64. The fourth-order valence-electron chi connectivity index (χ4n) is 3.64. The third kappa shape index (κ3) is 4.46. The lowest BCUT2D eigenvalue weighted by molar-refractivity contribution is -0.128. The van der Waals surface area contributed by atoms with Crippen LogP contribution in [0.15, 0.2) is 60.9 Å². The van der Waals surface area contributed by atoms with Crippen LogP contribution in [-0.4, -0.2) is 40.3 Å². The van der Waals surface area contributed by atoms with E-state index >= 15 is 0 Å². The minimum Gasteiger partial charge on any atom is -0.497 e. The number of methoxy groups -OCH3 is 1. The van der Waals surface area contributed by atoms with Gasteiger partial charge in [-0.15, -0.1) is 0 Å². The predicted octanol–water partition coefficient (Wildman–Crippen LogP) is 2.91. The topological polar surface area (TPSA) is 59.4 Å². The fourth-order valence-corrected chi connectivity index (χ4v) is 3.64. The molecule has 1 aromatic heterocycles. The van der Waals surface area contributed by atoms with E-state index in [9.17, 15) is 9.18 Å². The molecule has 7 heteroatoms. The van der Waals surface area contributed by atoms with E-state index in [1.54, 1.807) is 24.3 Å². The summed E-state index contributed by atoms with van der Waals surface area (Å²) in [6.07, 6.45) is 4.06. The van der Waals surface area contributed by atoms with Crippen LogP contribution in [0.5, 0.6) is 5.75 Å². The lowest BCUT2D eigenvalue weighted by Crippen LogP contribution is -2.32. The minimum absolute atomic E-state index is 0.0349. The van der Waals surface area contributed by atoms with Crippen LogP contribution in [0.4, 0.5) is 4.39 Å². The van der Waals surface area contributed by atoms with E-state index in [-0.39, 0.29) is 17.8 Å². The van der Waals surface area contributed by atoms with E-state index in [2.05, 4.69) is 10.4 Å². The highest BCUT2D eigenvalue weighted by molar-refractivity contribution is 5.79. The molecule has 2 heterocycles. The van der Waals surface area contributed by atoms with Crippen molar-refractivity contribution >= 4 is 5.91 Å². The summed E-state index contributed by atoms with van der Waals surface area (Å²) in [5.74, 6) is 0.561. The van der Waals surface area contributed by atoms with E-state index in [0.717, 1.165) is 22.6 Å². The molecule has 1 aliphatic rings. The maximum atomic E-state index is 13.4. The summed E-state index contributed by atoms with van der Waals surface area (Å²) >= 11 is 0. The van der Waals surface area contributed by atoms with Crippen molar-refractivity contribution in [3.05, 3.63) is 77.9 Å². The van der Waals surface area contributed by atoms with Crippen molar-refractivity contribution in [1.82, 2.24) is 20.0 Å². The Morgan fingerprint density at radius 2 is 2.14 bits per heavy atom. The average Bonchev–Trinajstić information content (AvgIpc) is 3.36. The molecule has 29 heavy (non-hydrogen) atoms. The first-order chi connectivity index (χ1) is 14.1. The number of nitrogens with zero attached hydrogens (tertiary/aromatic N) is 3. The summed E-state index contributed by atoms with van der Waals surface area (Å²) in [6.45, 7) is 1.60. The van der Waals surface area contributed by atoms with Crippen LogP contribution in [-0.2, 0) is 17.9 Å². The number of nitrogens with one attached hydrogen (secondary N) is 1. The van der Waals surface area contributed by atoms with Gasteiger partial charge in [-0.3, -0.25) is 4.79 Å². The molecule has 2 aromatic carbocycles. The Morgan fingerprint density at radius 1 is 1.24 bits per heavy atom. The zero-order valence-electron chi connectivity index (χ0n) is 16.2. The number of carbonyl (C=O) groups is 1. The average molecular weight is 394 g/mol. The van der Waals surface area contributed by atoms with Gasteiger partial charge in [0.05, 0.1) is 12.8 Å². The summed E-state index contributed by atoms with van der Waals surface area (Å²) in [4.78, 5) is 14.2. The molecule has 1 aliphatic heterocycles. The lowest BCUT2D eigenvalue weighted by Gasteiger charge is -2.18. The van der Waals surface area contributed by atoms with Gasteiger partial charge in [0.1, 0.15) is 11.6 Å². The van der Waals surface area contributed by atoms with Crippen molar-refractivity contribution in [3.8, 4) is 11.4 Å². The maximum absolute atomic E-state index is 13.4. The number of likely N-dealkylation sites (tertiary alicyclic amines) is 1. The Bertz CT molecular complexity index is 990. The normalized spacial score (nSPS) is 16.4. The molecule has 1 atom stereocenters. The SMILES string of the molecule is COc1ccc(-n2cccn2)c(CNC2CC(=O)N(Cc3cccc(F)c3)C2)c1. The van der Waals surface area contributed by atoms with Gasteiger partial charge in [0.15, 0.2) is 0 Å². The molecule has 150 valence electrons. The molecule has 1 saturated heterocycles. The van der Waals surface area contributed by atoms with E-state index in [4.69, 9.17) is 4.74 Å². The van der Waals surface area contributed by atoms with Crippen LogP contribution in [0, 0.1) is 5.82 Å². The molecule has 1 N–H and O–H groups in total. The van der Waals surface area contributed by atoms with Crippen molar-refractivity contribution < 1.29 is 13.9 Å². The number of amides is 1. The summed E-state index contributed by atoms with van der Waals surface area (Å²) in [5, 5.41) is 7.79. The van der Waals surface area contributed by atoms with E-state index in [1.165, 1.54) is 12.1 Å². The quantitative estimate of drug-likeness (QED) is 0.670. The molecule has 6 nitrogen and oxygen atoms in total. The van der Waals surface area contributed by atoms with Gasteiger partial charge in [-0.25, -0.2) is 9.07 Å². The number of benzene rings is 2. The Morgan fingerprint density at radius 3 is 2.90 bits per heavy atom. The van der Waals surface area contributed by atoms with Gasteiger partial charge >= 0.3 is 0 Å². The number of hydrogen-bond donors (Lipinski definition) is 1. The monoisotopic (exact) mass is 394 g/mol. The molecule has 4 rings (SSSR count). The highest BCUT2D eigenvalue weighted by Gasteiger charge is 2.29. The van der Waals surface area contributed by atoms with Crippen LogP contribution in [0.25, 0.3) is 5.69 Å². The first-order valence-corrected chi connectivity index (χ1v) is 9.55. The largest absolute Gasteiger partial charge is 0.497 e. The molecule has 1 fully saturated rings. The van der Waals surface area contributed by atoms with Crippen molar-refractivity contribution in [1.29, 1.82) is 0 Å². The number of aromatic nitrogens is 2. The third-order valence-electron chi connectivity index (χ3n) is 5.10. The Kier molecular flexibility index (Phi) is 5.57. The number of hydrogen-bond acceptors (Lipinski definition) is 4. The van der Waals surface area contributed by atoms with Crippen LogP contribution in [0.3, 0.4) is 0 Å². The molecule has 3 aromatic rings. The number of ether oxygens (including phenoxy) is 1.